The number of benzene rings is 1. The Kier molecular flexibility index (Phi) is 8.01. The number of fused-ring (bicyclic) bond motifs is 1. The molecular formula is C23H30N2O7SSi. The van der Waals surface area contributed by atoms with Crippen molar-refractivity contribution in [3.8, 4) is 0 Å². The zero-order valence-corrected chi connectivity index (χ0v) is 21.8. The molecule has 2 aliphatic rings. The van der Waals surface area contributed by atoms with Crippen molar-refractivity contribution in [2.45, 2.75) is 58.7 Å². The van der Waals surface area contributed by atoms with Crippen LogP contribution in [0.4, 0.5) is 5.69 Å². The van der Waals surface area contributed by atoms with Gasteiger partial charge in [0.15, 0.2) is 8.32 Å². The van der Waals surface area contributed by atoms with Crippen LogP contribution in [0.5, 0.6) is 0 Å². The molecule has 1 aromatic carbocycles. The Balaban J connectivity index is 1.78. The monoisotopic (exact) mass is 506 g/mol. The number of nitrogens with zero attached hydrogens (tertiary/aromatic N) is 2. The van der Waals surface area contributed by atoms with Gasteiger partial charge in [-0.3, -0.25) is 14.9 Å². The Morgan fingerprint density at radius 2 is 2.00 bits per heavy atom. The van der Waals surface area contributed by atoms with Crippen molar-refractivity contribution < 1.29 is 28.8 Å². The lowest BCUT2D eigenvalue weighted by Gasteiger charge is -2.47. The van der Waals surface area contributed by atoms with Crippen LogP contribution in [-0.2, 0) is 25.4 Å². The quantitative estimate of drug-likeness (QED) is 0.167. The third-order valence-corrected chi connectivity index (χ3v) is 7.76. The minimum Gasteiger partial charge on any atom is -0.456 e. The van der Waals surface area contributed by atoms with E-state index in [1.807, 2.05) is 13.8 Å². The number of β-lactam (4-membered cyclic amide) rings is 1. The second-order valence-corrected chi connectivity index (χ2v) is 15.1. The number of carbonyl (C=O) groups excluding carboxylic acids is 2. The molecule has 184 valence electrons. The van der Waals surface area contributed by atoms with E-state index in [0.717, 1.165) is 9.81 Å². The average Bonchev–Trinajstić information content (AvgIpc) is 3.05. The van der Waals surface area contributed by atoms with Gasteiger partial charge in [-0.05, 0) is 62.2 Å². The van der Waals surface area contributed by atoms with Crippen molar-refractivity contribution in [3.05, 3.63) is 61.5 Å². The molecule has 9 nitrogen and oxygen atoms in total. The van der Waals surface area contributed by atoms with Gasteiger partial charge >= 0.3 is 5.97 Å². The van der Waals surface area contributed by atoms with Crippen LogP contribution in [0.15, 0.2) is 45.8 Å². The fraction of sp³-hybridized carbons (Fsp3) is 0.478. The normalized spacial score (nSPS) is 21.3. The van der Waals surface area contributed by atoms with Crippen LogP contribution >= 0.6 is 11.8 Å². The van der Waals surface area contributed by atoms with Crippen LogP contribution < -0.4 is 0 Å². The fourth-order valence-electron chi connectivity index (χ4n) is 4.22. The number of non-ortho nitro benzene ring substituents is 1. The summed E-state index contributed by atoms with van der Waals surface area (Å²) in [6, 6.07) is 5.58. The Morgan fingerprint density at radius 3 is 2.56 bits per heavy atom. The largest absolute Gasteiger partial charge is 0.456 e. The van der Waals surface area contributed by atoms with Crippen molar-refractivity contribution >= 4 is 37.6 Å². The van der Waals surface area contributed by atoms with E-state index in [9.17, 15) is 24.8 Å². The van der Waals surface area contributed by atoms with Gasteiger partial charge in [-0.15, -0.1) is 0 Å². The first-order valence-electron chi connectivity index (χ1n) is 11.0. The standard InChI is InChI=1S/C23H30N2O7SSi/c1-14(10-11-26)33-19-12-18-20(15(2)32-34(3,4)5)22(27)24(18)21(19)23(28)31-13-16-6-8-17(9-7-16)25(29)30/h6-10,15,18,20,26H,11-13H2,1-5H3/t15-,18+,20-/m0/s1. The molecule has 11 heteroatoms. The number of aliphatic hydroxyl groups excluding tert-OH is 1. The highest BCUT2D eigenvalue weighted by molar-refractivity contribution is 8.06. The molecule has 0 aromatic heterocycles. The fourth-order valence-corrected chi connectivity index (χ4v) is 6.57. The van der Waals surface area contributed by atoms with E-state index in [4.69, 9.17) is 9.16 Å². The van der Waals surface area contributed by atoms with Crippen molar-refractivity contribution in [2.24, 2.45) is 5.92 Å². The number of nitro groups is 1. The Bertz CT molecular complexity index is 1030. The summed E-state index contributed by atoms with van der Waals surface area (Å²) >= 11 is 1.35. The lowest BCUT2D eigenvalue weighted by atomic mass is 9.83. The molecule has 1 fully saturated rings. The second-order valence-electron chi connectivity index (χ2n) is 9.31. The molecule has 0 spiro atoms. The lowest BCUT2D eigenvalue weighted by molar-refractivity contribution is -0.384. The summed E-state index contributed by atoms with van der Waals surface area (Å²) in [4.78, 5) is 39.6. The first-order valence-corrected chi connectivity index (χ1v) is 15.3. The van der Waals surface area contributed by atoms with E-state index < -0.39 is 19.2 Å². The second kappa shape index (κ2) is 10.4. The van der Waals surface area contributed by atoms with Gasteiger partial charge in [0, 0.05) is 23.5 Å². The topological polar surface area (TPSA) is 119 Å². The van der Waals surface area contributed by atoms with Crippen LogP contribution in [0.2, 0.25) is 19.6 Å². The van der Waals surface area contributed by atoms with Gasteiger partial charge in [-0.25, -0.2) is 4.79 Å². The van der Waals surface area contributed by atoms with Crippen LogP contribution in [0.25, 0.3) is 0 Å². The number of carbonyl (C=O) groups is 2. The number of thioether (sulfide) groups is 1. The maximum atomic E-state index is 13.1. The molecule has 0 unspecified atom stereocenters. The van der Waals surface area contributed by atoms with Gasteiger partial charge in [-0.1, -0.05) is 11.8 Å². The molecule has 1 N–H and O–H groups in total. The highest BCUT2D eigenvalue weighted by Gasteiger charge is 2.57. The number of hydrogen-bond donors (Lipinski definition) is 1. The zero-order chi connectivity index (χ0) is 25.2. The molecule has 3 rings (SSSR count). The van der Waals surface area contributed by atoms with Crippen molar-refractivity contribution in [1.82, 2.24) is 4.90 Å². The summed E-state index contributed by atoms with van der Waals surface area (Å²) in [6.07, 6.45) is 1.90. The highest BCUT2D eigenvalue weighted by Crippen LogP contribution is 2.49. The average molecular weight is 507 g/mol. The molecule has 0 aliphatic carbocycles. The molecule has 1 saturated heterocycles. The van der Waals surface area contributed by atoms with Crippen LogP contribution in [0.1, 0.15) is 25.8 Å². The number of nitro benzene ring substituents is 1. The minimum atomic E-state index is -1.85. The van der Waals surface area contributed by atoms with Crippen molar-refractivity contribution in [1.29, 1.82) is 0 Å². The summed E-state index contributed by atoms with van der Waals surface area (Å²) < 4.78 is 11.7. The number of ether oxygens (including phenoxy) is 1. The number of rotatable bonds is 10. The zero-order valence-electron chi connectivity index (χ0n) is 19.9. The van der Waals surface area contributed by atoms with Crippen molar-refractivity contribution in [3.63, 3.8) is 0 Å². The smallest absolute Gasteiger partial charge is 0.356 e. The van der Waals surface area contributed by atoms with Crippen LogP contribution in [0, 0.1) is 16.0 Å². The molecule has 0 saturated carbocycles. The molecule has 34 heavy (non-hydrogen) atoms. The highest BCUT2D eigenvalue weighted by atomic mass is 32.2. The number of esters is 1. The Hall–Kier alpha value is -2.47. The van der Waals surface area contributed by atoms with E-state index in [0.29, 0.717) is 12.0 Å². The number of allylic oxidation sites excluding steroid dienone is 1. The summed E-state index contributed by atoms with van der Waals surface area (Å²) in [5.74, 6) is -1.10. The third-order valence-electron chi connectivity index (χ3n) is 5.59. The van der Waals surface area contributed by atoms with Gasteiger partial charge in [0.2, 0.25) is 5.91 Å². The lowest BCUT2D eigenvalue weighted by Crippen LogP contribution is -2.63. The summed E-state index contributed by atoms with van der Waals surface area (Å²) in [5, 5.41) is 20.0. The summed E-state index contributed by atoms with van der Waals surface area (Å²) in [6.45, 7) is 9.76. The Labute approximate surface area is 204 Å². The van der Waals surface area contributed by atoms with E-state index in [-0.39, 0.29) is 48.6 Å². The van der Waals surface area contributed by atoms with Gasteiger partial charge < -0.3 is 19.2 Å². The van der Waals surface area contributed by atoms with Crippen LogP contribution in [0.3, 0.4) is 0 Å². The molecule has 2 heterocycles. The first-order chi connectivity index (χ1) is 15.9. The van der Waals surface area contributed by atoms with E-state index in [2.05, 4.69) is 19.6 Å². The van der Waals surface area contributed by atoms with Gasteiger partial charge in [0.25, 0.3) is 5.69 Å². The van der Waals surface area contributed by atoms with Gasteiger partial charge in [0.05, 0.1) is 29.6 Å². The summed E-state index contributed by atoms with van der Waals surface area (Å²) in [7, 11) is -1.85. The summed E-state index contributed by atoms with van der Waals surface area (Å²) in [5.41, 5.74) is 0.779. The molecule has 0 bridgehead atoms. The molecule has 3 atom stereocenters. The predicted octanol–water partition coefficient (Wildman–Crippen LogP) is 3.95. The van der Waals surface area contributed by atoms with Crippen LogP contribution in [-0.4, -0.2) is 53.9 Å². The van der Waals surface area contributed by atoms with Gasteiger partial charge in [-0.2, -0.15) is 0 Å². The third kappa shape index (κ3) is 5.77. The maximum absolute atomic E-state index is 13.1. The van der Waals surface area contributed by atoms with E-state index in [1.54, 1.807) is 6.08 Å². The molecule has 0 radical (unpaired) electrons. The van der Waals surface area contributed by atoms with E-state index in [1.165, 1.54) is 40.9 Å². The SMILES string of the molecule is CC(=CCO)SC1=C(C(=O)OCc2ccc([N+](=O)[O-])cc2)N2C(=O)[C@@H]([C@H](C)O[Si](C)(C)C)[C@H]2C1. The van der Waals surface area contributed by atoms with Crippen molar-refractivity contribution in [2.75, 3.05) is 6.61 Å². The molecular weight excluding hydrogens is 476 g/mol. The molecule has 2 aliphatic heterocycles. The number of amides is 1. The Morgan fingerprint density at radius 1 is 1.35 bits per heavy atom. The maximum Gasteiger partial charge on any atom is 0.356 e. The first kappa shape index (κ1) is 26.1. The predicted molar refractivity (Wildman–Crippen MR) is 131 cm³/mol. The minimum absolute atomic E-state index is 0.0480. The molecule has 1 amide bonds. The number of aliphatic hydroxyl groups is 1. The van der Waals surface area contributed by atoms with E-state index >= 15 is 0 Å². The van der Waals surface area contributed by atoms with Gasteiger partial charge in [0.1, 0.15) is 12.3 Å². The molecule has 1 aromatic rings. The number of hydrogen-bond acceptors (Lipinski definition) is 8.